The number of hydrogen-bond acceptors (Lipinski definition) is 3. The van der Waals surface area contributed by atoms with Crippen LogP contribution in [-0.4, -0.2) is 31.1 Å². The lowest BCUT2D eigenvalue weighted by Gasteiger charge is -2.18. The van der Waals surface area contributed by atoms with E-state index in [0.29, 0.717) is 12.1 Å². The van der Waals surface area contributed by atoms with Gasteiger partial charge in [-0.05, 0) is 39.7 Å². The number of ether oxygens (including phenoxy) is 2. The zero-order valence-electron chi connectivity index (χ0n) is 8.51. The van der Waals surface area contributed by atoms with Gasteiger partial charge in [-0.25, -0.2) is 0 Å². The van der Waals surface area contributed by atoms with Crippen LogP contribution >= 0.6 is 0 Å². The monoisotopic (exact) mass is 185 g/mol. The Bertz CT molecular complexity index is 176. The average Bonchev–Trinajstić information content (AvgIpc) is 2.61. The lowest BCUT2D eigenvalue weighted by molar-refractivity contribution is -0.139. The maximum absolute atomic E-state index is 5.75. The first-order valence-corrected chi connectivity index (χ1v) is 5.21. The van der Waals surface area contributed by atoms with Gasteiger partial charge in [0.25, 0.3) is 0 Å². The fourth-order valence-corrected chi connectivity index (χ4v) is 2.15. The van der Waals surface area contributed by atoms with Crippen molar-refractivity contribution in [1.29, 1.82) is 0 Å². The van der Waals surface area contributed by atoms with Gasteiger partial charge in [-0.1, -0.05) is 0 Å². The molecular weight excluding hydrogens is 166 g/mol. The third-order valence-electron chi connectivity index (χ3n) is 2.78. The highest BCUT2D eigenvalue weighted by atomic mass is 16.7. The highest BCUT2D eigenvalue weighted by molar-refractivity contribution is 4.81. The maximum atomic E-state index is 5.75. The highest BCUT2D eigenvalue weighted by Gasteiger charge is 2.34. The molecule has 0 aromatic rings. The van der Waals surface area contributed by atoms with E-state index in [1.54, 1.807) is 0 Å². The zero-order chi connectivity index (χ0) is 9.31. The summed E-state index contributed by atoms with van der Waals surface area (Å²) in [5.74, 6) is -0.358. The van der Waals surface area contributed by atoms with E-state index in [4.69, 9.17) is 9.47 Å². The Morgan fingerprint density at radius 3 is 2.85 bits per heavy atom. The van der Waals surface area contributed by atoms with Crippen LogP contribution in [0.5, 0.6) is 0 Å². The van der Waals surface area contributed by atoms with E-state index in [2.05, 4.69) is 5.32 Å². The van der Waals surface area contributed by atoms with Gasteiger partial charge in [-0.15, -0.1) is 0 Å². The highest BCUT2D eigenvalue weighted by Crippen LogP contribution is 2.26. The molecule has 0 bridgehead atoms. The van der Waals surface area contributed by atoms with Gasteiger partial charge in [0.1, 0.15) is 0 Å². The van der Waals surface area contributed by atoms with E-state index in [-0.39, 0.29) is 5.79 Å². The maximum Gasteiger partial charge on any atom is 0.163 e. The largest absolute Gasteiger partial charge is 0.348 e. The summed E-state index contributed by atoms with van der Waals surface area (Å²) in [4.78, 5) is 0. The lowest BCUT2D eigenvalue weighted by Crippen LogP contribution is -2.29. The van der Waals surface area contributed by atoms with Gasteiger partial charge in [0, 0.05) is 6.04 Å². The molecule has 2 aliphatic heterocycles. The molecule has 2 fully saturated rings. The number of nitrogens with one attached hydrogen (secondary N) is 1. The Morgan fingerprint density at radius 1 is 1.46 bits per heavy atom. The molecule has 0 aromatic heterocycles. The average molecular weight is 185 g/mol. The minimum Gasteiger partial charge on any atom is -0.348 e. The summed E-state index contributed by atoms with van der Waals surface area (Å²) in [5.41, 5.74) is 0. The zero-order valence-corrected chi connectivity index (χ0v) is 8.51. The van der Waals surface area contributed by atoms with Gasteiger partial charge in [0.2, 0.25) is 0 Å². The fourth-order valence-electron chi connectivity index (χ4n) is 2.15. The molecule has 0 aromatic carbocycles. The molecule has 0 radical (unpaired) electrons. The molecule has 2 unspecified atom stereocenters. The molecule has 3 nitrogen and oxygen atoms in total. The molecule has 2 saturated heterocycles. The second-order valence-electron chi connectivity index (χ2n) is 4.48. The molecule has 2 atom stereocenters. The van der Waals surface area contributed by atoms with Gasteiger partial charge >= 0.3 is 0 Å². The molecule has 0 amide bonds. The first kappa shape index (κ1) is 9.44. The first-order valence-electron chi connectivity index (χ1n) is 5.21. The summed E-state index contributed by atoms with van der Waals surface area (Å²) in [5, 5.41) is 3.48. The van der Waals surface area contributed by atoms with Crippen LogP contribution in [0.25, 0.3) is 0 Å². The molecule has 2 aliphatic rings. The van der Waals surface area contributed by atoms with E-state index in [1.165, 1.54) is 19.4 Å². The van der Waals surface area contributed by atoms with Crippen molar-refractivity contribution < 1.29 is 9.47 Å². The molecule has 1 N–H and O–H groups in total. The molecular formula is C10H19NO2. The van der Waals surface area contributed by atoms with Crippen LogP contribution in [-0.2, 0) is 9.47 Å². The third-order valence-corrected chi connectivity index (χ3v) is 2.78. The van der Waals surface area contributed by atoms with Crippen LogP contribution in [0.4, 0.5) is 0 Å². The molecule has 2 heterocycles. The molecule has 13 heavy (non-hydrogen) atoms. The van der Waals surface area contributed by atoms with Crippen LogP contribution in [0.3, 0.4) is 0 Å². The Morgan fingerprint density at radius 2 is 2.31 bits per heavy atom. The minimum atomic E-state index is -0.358. The van der Waals surface area contributed by atoms with Gasteiger partial charge in [-0.3, -0.25) is 0 Å². The summed E-state index contributed by atoms with van der Waals surface area (Å²) in [6.45, 7) is 5.89. The summed E-state index contributed by atoms with van der Waals surface area (Å²) < 4.78 is 11.3. The lowest BCUT2D eigenvalue weighted by atomic mass is 10.1. The fraction of sp³-hybridized carbons (Fsp3) is 1.00. The molecule has 0 aliphatic carbocycles. The van der Waals surface area contributed by atoms with Crippen molar-refractivity contribution in [2.45, 2.75) is 51.0 Å². The number of rotatable bonds is 2. The van der Waals surface area contributed by atoms with E-state index in [0.717, 1.165) is 13.0 Å². The van der Waals surface area contributed by atoms with E-state index in [9.17, 15) is 0 Å². The summed E-state index contributed by atoms with van der Waals surface area (Å²) in [6.07, 6.45) is 4.00. The normalized spacial score (nSPS) is 38.3. The standard InChI is InChI=1S/C10H19NO2/c1-10(2)12-7-9(13-10)6-8-4-3-5-11-8/h8-9,11H,3-7H2,1-2H3. The van der Waals surface area contributed by atoms with Crippen molar-refractivity contribution in [3.63, 3.8) is 0 Å². The van der Waals surface area contributed by atoms with Gasteiger partial charge in [-0.2, -0.15) is 0 Å². The van der Waals surface area contributed by atoms with Crippen molar-refractivity contribution in [2.75, 3.05) is 13.2 Å². The minimum absolute atomic E-state index is 0.297. The van der Waals surface area contributed by atoms with E-state index < -0.39 is 0 Å². The van der Waals surface area contributed by atoms with Crippen LogP contribution in [0, 0.1) is 0 Å². The second-order valence-corrected chi connectivity index (χ2v) is 4.48. The predicted octanol–water partition coefficient (Wildman–Crippen LogP) is 1.28. The quantitative estimate of drug-likeness (QED) is 0.703. The molecule has 3 heteroatoms. The van der Waals surface area contributed by atoms with Crippen LogP contribution in [0.2, 0.25) is 0 Å². The van der Waals surface area contributed by atoms with Crippen molar-refractivity contribution in [2.24, 2.45) is 0 Å². The van der Waals surface area contributed by atoms with Crippen molar-refractivity contribution in [3.05, 3.63) is 0 Å². The molecule has 0 saturated carbocycles. The molecule has 76 valence electrons. The molecule has 0 spiro atoms. The third kappa shape index (κ3) is 2.42. The van der Waals surface area contributed by atoms with Gasteiger partial charge in [0.05, 0.1) is 12.7 Å². The van der Waals surface area contributed by atoms with Crippen molar-refractivity contribution >= 4 is 0 Å². The molecule has 2 rings (SSSR count). The summed E-state index contributed by atoms with van der Waals surface area (Å²) in [7, 11) is 0. The predicted molar refractivity (Wildman–Crippen MR) is 50.5 cm³/mol. The summed E-state index contributed by atoms with van der Waals surface area (Å²) in [6, 6.07) is 0.655. The van der Waals surface area contributed by atoms with Gasteiger partial charge in [0.15, 0.2) is 5.79 Å². The van der Waals surface area contributed by atoms with Crippen molar-refractivity contribution in [1.82, 2.24) is 5.32 Å². The van der Waals surface area contributed by atoms with Crippen LogP contribution < -0.4 is 5.32 Å². The number of hydrogen-bond donors (Lipinski definition) is 1. The summed E-state index contributed by atoms with van der Waals surface area (Å²) >= 11 is 0. The van der Waals surface area contributed by atoms with Gasteiger partial charge < -0.3 is 14.8 Å². The topological polar surface area (TPSA) is 30.5 Å². The Hall–Kier alpha value is -0.120. The van der Waals surface area contributed by atoms with Crippen molar-refractivity contribution in [3.8, 4) is 0 Å². The Balaban J connectivity index is 1.77. The van der Waals surface area contributed by atoms with Crippen LogP contribution in [0.1, 0.15) is 33.1 Å². The van der Waals surface area contributed by atoms with Crippen LogP contribution in [0.15, 0.2) is 0 Å². The SMILES string of the molecule is CC1(C)OCC(CC2CCCN2)O1. The Kier molecular flexibility index (Phi) is 2.58. The van der Waals surface area contributed by atoms with E-state index >= 15 is 0 Å². The first-order chi connectivity index (χ1) is 6.16. The Labute approximate surface area is 79.8 Å². The van der Waals surface area contributed by atoms with E-state index in [1.807, 2.05) is 13.8 Å². The second kappa shape index (κ2) is 3.56. The smallest absolute Gasteiger partial charge is 0.163 e.